The summed E-state index contributed by atoms with van der Waals surface area (Å²) in [5.41, 5.74) is 2.17. The van der Waals surface area contributed by atoms with Gasteiger partial charge in [-0.1, -0.05) is 11.3 Å². The van der Waals surface area contributed by atoms with Crippen LogP contribution < -0.4 is 9.80 Å². The number of hydrogen-bond acceptors (Lipinski definition) is 5. The van der Waals surface area contributed by atoms with Gasteiger partial charge in [0.05, 0.1) is 10.2 Å². The van der Waals surface area contributed by atoms with Gasteiger partial charge in [-0.25, -0.2) is 9.37 Å². The van der Waals surface area contributed by atoms with Crippen molar-refractivity contribution in [3.05, 3.63) is 48.3 Å². The molecule has 0 saturated carbocycles. The van der Waals surface area contributed by atoms with Gasteiger partial charge >= 0.3 is 0 Å². The fraction of sp³-hybridized carbons (Fsp3) is 0.278. The maximum Gasteiger partial charge on any atom is 0.186 e. The molecule has 0 spiro atoms. The van der Waals surface area contributed by atoms with E-state index in [2.05, 4.69) is 34.3 Å². The van der Waals surface area contributed by atoms with Crippen LogP contribution in [0.4, 0.5) is 15.2 Å². The molecule has 1 saturated heterocycles. The molecule has 0 amide bonds. The number of piperazine rings is 1. The lowest BCUT2D eigenvalue weighted by molar-refractivity contribution is 0.624. The van der Waals surface area contributed by atoms with Crippen molar-refractivity contribution < 1.29 is 4.39 Å². The summed E-state index contributed by atoms with van der Waals surface area (Å²) >= 11 is 3.53. The Balaban J connectivity index is 1.48. The van der Waals surface area contributed by atoms with Crippen molar-refractivity contribution >= 4 is 44.1 Å². The minimum absolute atomic E-state index is 0.184. The molecule has 1 aliphatic rings. The monoisotopic (exact) mass is 359 g/mol. The quantitative estimate of drug-likeness (QED) is 0.642. The molecule has 24 heavy (non-hydrogen) atoms. The Bertz CT molecular complexity index is 839. The van der Waals surface area contributed by atoms with Gasteiger partial charge in [0.25, 0.3) is 0 Å². The van der Waals surface area contributed by atoms with Crippen molar-refractivity contribution in [1.29, 1.82) is 0 Å². The van der Waals surface area contributed by atoms with Crippen molar-refractivity contribution in [1.82, 2.24) is 4.98 Å². The summed E-state index contributed by atoms with van der Waals surface area (Å²) in [5, 5.41) is 1.10. The van der Waals surface area contributed by atoms with E-state index in [-0.39, 0.29) is 5.82 Å². The molecule has 4 rings (SSSR count). The molecular formula is C18H18FN3S2. The van der Waals surface area contributed by atoms with Gasteiger partial charge < -0.3 is 9.80 Å². The lowest BCUT2D eigenvalue weighted by atomic mass is 10.2. The second-order valence-electron chi connectivity index (χ2n) is 5.78. The third-order valence-electron chi connectivity index (χ3n) is 4.33. The highest BCUT2D eigenvalue weighted by molar-refractivity contribution is 7.98. The molecule has 6 heteroatoms. The number of nitrogens with zero attached hydrogens (tertiary/aromatic N) is 3. The van der Waals surface area contributed by atoms with Gasteiger partial charge in [0.1, 0.15) is 5.82 Å². The van der Waals surface area contributed by atoms with E-state index in [0.717, 1.165) is 42.5 Å². The highest BCUT2D eigenvalue weighted by Gasteiger charge is 2.20. The molecule has 1 aliphatic heterocycles. The molecular weight excluding hydrogens is 341 g/mol. The first-order valence-corrected chi connectivity index (χ1v) is 9.97. The molecule has 0 aliphatic carbocycles. The highest BCUT2D eigenvalue weighted by Crippen LogP contribution is 2.32. The van der Waals surface area contributed by atoms with Crippen LogP contribution in [0.2, 0.25) is 0 Å². The standard InChI is InChI=1S/C18H18FN3S2/c1-23-15-6-7-16-17(12-15)24-18(20-16)22-10-8-21(9-11-22)14-4-2-13(19)3-5-14/h2-7,12H,8-11H2,1H3. The predicted octanol–water partition coefficient (Wildman–Crippen LogP) is 4.48. The zero-order valence-electron chi connectivity index (χ0n) is 13.4. The Labute approximate surface area is 149 Å². The van der Waals surface area contributed by atoms with Gasteiger partial charge in [0, 0.05) is 36.8 Å². The van der Waals surface area contributed by atoms with Crippen LogP contribution in [0.15, 0.2) is 47.4 Å². The van der Waals surface area contributed by atoms with E-state index >= 15 is 0 Å². The van der Waals surface area contributed by atoms with E-state index in [1.165, 1.54) is 21.7 Å². The molecule has 0 bridgehead atoms. The first-order valence-electron chi connectivity index (χ1n) is 7.93. The summed E-state index contributed by atoms with van der Waals surface area (Å²) in [6, 6.07) is 13.2. The minimum Gasteiger partial charge on any atom is -0.368 e. The van der Waals surface area contributed by atoms with Crippen LogP contribution in [0, 0.1) is 5.82 Å². The lowest BCUT2D eigenvalue weighted by Crippen LogP contribution is -2.46. The van der Waals surface area contributed by atoms with Gasteiger partial charge in [-0.15, -0.1) is 11.8 Å². The van der Waals surface area contributed by atoms with Crippen molar-refractivity contribution in [2.24, 2.45) is 0 Å². The molecule has 124 valence electrons. The van der Waals surface area contributed by atoms with Gasteiger partial charge in [-0.2, -0.15) is 0 Å². The normalized spacial score (nSPS) is 15.2. The van der Waals surface area contributed by atoms with Crippen molar-refractivity contribution in [2.75, 3.05) is 42.2 Å². The first kappa shape index (κ1) is 15.7. The van der Waals surface area contributed by atoms with Gasteiger partial charge in [-0.05, 0) is 48.7 Å². The number of hydrogen-bond donors (Lipinski definition) is 0. The zero-order valence-corrected chi connectivity index (χ0v) is 15.0. The molecule has 2 heterocycles. The minimum atomic E-state index is -0.184. The van der Waals surface area contributed by atoms with Crippen LogP contribution >= 0.6 is 23.1 Å². The Morgan fingerprint density at radius 3 is 2.42 bits per heavy atom. The van der Waals surface area contributed by atoms with E-state index < -0.39 is 0 Å². The molecule has 3 nitrogen and oxygen atoms in total. The number of halogens is 1. The zero-order chi connectivity index (χ0) is 16.5. The number of rotatable bonds is 3. The van der Waals surface area contributed by atoms with Gasteiger partial charge in [-0.3, -0.25) is 0 Å². The van der Waals surface area contributed by atoms with E-state index in [9.17, 15) is 4.39 Å². The maximum atomic E-state index is 13.1. The van der Waals surface area contributed by atoms with Crippen molar-refractivity contribution in [3.63, 3.8) is 0 Å². The Morgan fingerprint density at radius 1 is 1.00 bits per heavy atom. The molecule has 1 fully saturated rings. The second kappa shape index (κ2) is 6.61. The van der Waals surface area contributed by atoms with Crippen LogP contribution in [0.25, 0.3) is 10.2 Å². The second-order valence-corrected chi connectivity index (χ2v) is 7.67. The SMILES string of the molecule is CSc1ccc2nc(N3CCN(c4ccc(F)cc4)CC3)sc2c1. The fourth-order valence-electron chi connectivity index (χ4n) is 2.96. The molecule has 1 aromatic heterocycles. The number of anilines is 2. The first-order chi connectivity index (χ1) is 11.7. The maximum absolute atomic E-state index is 13.1. The van der Waals surface area contributed by atoms with Crippen molar-refractivity contribution in [2.45, 2.75) is 4.90 Å². The fourth-order valence-corrected chi connectivity index (χ4v) is 4.53. The molecule has 0 radical (unpaired) electrons. The number of benzene rings is 2. The molecule has 0 atom stereocenters. The topological polar surface area (TPSA) is 19.4 Å². The van der Waals surface area contributed by atoms with Crippen LogP contribution in [0.3, 0.4) is 0 Å². The molecule has 2 aromatic carbocycles. The predicted molar refractivity (Wildman–Crippen MR) is 102 cm³/mol. The van der Waals surface area contributed by atoms with Gasteiger partial charge in [0.2, 0.25) is 0 Å². The average molecular weight is 359 g/mol. The Hall–Kier alpha value is -1.79. The third kappa shape index (κ3) is 3.08. The summed E-state index contributed by atoms with van der Waals surface area (Å²) in [5.74, 6) is -0.184. The summed E-state index contributed by atoms with van der Waals surface area (Å²) in [4.78, 5) is 10.7. The molecule has 3 aromatic rings. The number of fused-ring (bicyclic) bond motifs is 1. The lowest BCUT2D eigenvalue weighted by Gasteiger charge is -2.35. The van der Waals surface area contributed by atoms with Crippen LogP contribution in [0.5, 0.6) is 0 Å². The number of aromatic nitrogens is 1. The summed E-state index contributed by atoms with van der Waals surface area (Å²) in [6.07, 6.45) is 2.10. The molecule has 0 unspecified atom stereocenters. The van der Waals surface area contributed by atoms with Crippen LogP contribution in [-0.4, -0.2) is 37.4 Å². The summed E-state index contributed by atoms with van der Waals surface area (Å²) in [6.45, 7) is 3.73. The number of thioether (sulfide) groups is 1. The van der Waals surface area contributed by atoms with Crippen LogP contribution in [-0.2, 0) is 0 Å². The molecule has 0 N–H and O–H groups in total. The van der Waals surface area contributed by atoms with E-state index in [1.807, 2.05) is 12.1 Å². The van der Waals surface area contributed by atoms with E-state index in [0.29, 0.717) is 0 Å². The summed E-state index contributed by atoms with van der Waals surface area (Å²) in [7, 11) is 0. The number of thiazole rings is 1. The smallest absolute Gasteiger partial charge is 0.186 e. The largest absolute Gasteiger partial charge is 0.368 e. The van der Waals surface area contributed by atoms with Crippen molar-refractivity contribution in [3.8, 4) is 0 Å². The van der Waals surface area contributed by atoms with E-state index in [1.54, 1.807) is 23.1 Å². The van der Waals surface area contributed by atoms with Gasteiger partial charge in [0.15, 0.2) is 5.13 Å². The Morgan fingerprint density at radius 2 is 1.71 bits per heavy atom. The third-order valence-corrected chi connectivity index (χ3v) is 6.13. The average Bonchev–Trinajstić information content (AvgIpc) is 3.05. The summed E-state index contributed by atoms with van der Waals surface area (Å²) < 4.78 is 14.3. The van der Waals surface area contributed by atoms with Crippen LogP contribution in [0.1, 0.15) is 0 Å². The highest BCUT2D eigenvalue weighted by atomic mass is 32.2. The Kier molecular flexibility index (Phi) is 4.33. The van der Waals surface area contributed by atoms with E-state index in [4.69, 9.17) is 4.98 Å².